The summed E-state index contributed by atoms with van der Waals surface area (Å²) in [6, 6.07) is 24.6. The van der Waals surface area contributed by atoms with Gasteiger partial charge in [-0.1, -0.05) is 100 Å². The van der Waals surface area contributed by atoms with E-state index in [0.717, 1.165) is 28.9 Å². The molecule has 2 aliphatic rings. The van der Waals surface area contributed by atoms with Crippen LogP contribution in [0, 0.1) is 175 Å². The number of amidine groups is 1. The lowest BCUT2D eigenvalue weighted by atomic mass is 9.99. The summed E-state index contributed by atoms with van der Waals surface area (Å²) in [6.07, 6.45) is 9.35. The van der Waals surface area contributed by atoms with Crippen molar-refractivity contribution in [3.05, 3.63) is 140 Å². The molecule has 3 amide bonds. The molecule has 0 aromatic carbocycles. The topological polar surface area (TPSA) is 876 Å². The van der Waals surface area contributed by atoms with E-state index < -0.39 is 34.9 Å². The number of rotatable bonds is 24. The first-order valence-electron chi connectivity index (χ1n) is 39.3. The lowest BCUT2D eigenvalue weighted by Crippen LogP contribution is -2.35. The fourth-order valence-electron chi connectivity index (χ4n) is 9.25. The molecule has 1 fully saturated rings. The summed E-state index contributed by atoms with van der Waals surface area (Å²) in [4.78, 5) is 88.2. The molecule has 1 saturated heterocycles. The zero-order valence-corrected chi connectivity index (χ0v) is 77.6. The van der Waals surface area contributed by atoms with Gasteiger partial charge in [0.25, 0.3) is 11.9 Å². The normalized spacial score (nSPS) is 14.3. The first kappa shape index (κ1) is 117. The van der Waals surface area contributed by atoms with Gasteiger partial charge in [-0.05, 0) is 37.3 Å². The van der Waals surface area contributed by atoms with Gasteiger partial charge in [-0.25, -0.2) is 64.6 Å². The Morgan fingerprint density at radius 1 is 0.530 bits per heavy atom. The van der Waals surface area contributed by atoms with Crippen LogP contribution in [-0.2, 0) is 29.9 Å². The molecule has 0 aliphatic carbocycles. The van der Waals surface area contributed by atoms with Gasteiger partial charge in [-0.3, -0.25) is 35.5 Å². The number of imide groups is 1. The van der Waals surface area contributed by atoms with Gasteiger partial charge in [0.05, 0.1) is 96.0 Å². The lowest BCUT2D eigenvalue weighted by Gasteiger charge is -2.11. The molecule has 134 heavy (non-hydrogen) atoms. The summed E-state index contributed by atoms with van der Waals surface area (Å²) in [6.45, 7) is 24.1. The smallest absolute Gasteiger partial charge is 0.348 e. The Morgan fingerprint density at radius 3 is 1.49 bits per heavy atom. The quantitative estimate of drug-likeness (QED) is 0.0197. The van der Waals surface area contributed by atoms with Crippen LogP contribution in [0.4, 0.5) is 9.18 Å². The van der Waals surface area contributed by atoms with Crippen LogP contribution < -0.4 is 33.1 Å². The zero-order valence-electron chi connectivity index (χ0n) is 74.3. The molecule has 0 saturated carbocycles. The average molecular weight is 1920 g/mol. The van der Waals surface area contributed by atoms with Crippen molar-refractivity contribution in [1.82, 2.24) is 138 Å². The van der Waals surface area contributed by atoms with E-state index in [1.807, 2.05) is 118 Å². The minimum absolute atomic E-state index is 0.0149. The number of hydrogen-bond donors (Lipinski definition) is 15. The number of aromatic amines is 12. The molecule has 53 nitrogen and oxygen atoms in total. The predicted molar refractivity (Wildman–Crippen MR) is 466 cm³/mol. The molecule has 14 atom stereocenters. The Labute approximate surface area is 780 Å². The number of aryl methyl sites for hydroxylation is 1. The van der Waals surface area contributed by atoms with Crippen LogP contribution in [0.25, 0.3) is 0 Å². The first-order valence-corrected chi connectivity index (χ1v) is 41.6. The summed E-state index contributed by atoms with van der Waals surface area (Å²) in [7, 11) is 0. The molecule has 0 bridgehead atoms. The van der Waals surface area contributed by atoms with Crippen LogP contribution in [-0.4, -0.2) is 157 Å². The number of nitrogens with one attached hydrogen (secondary N) is 15. The molecule has 58 heteroatoms. The van der Waals surface area contributed by atoms with Crippen LogP contribution in [0.3, 0.4) is 0 Å². The van der Waals surface area contributed by atoms with Gasteiger partial charge in [-0.15, -0.1) is 9.50 Å². The minimum atomic E-state index is -1.61. The number of aromatic nitrogens is 24. The summed E-state index contributed by atoms with van der Waals surface area (Å²) >= 11 is 12.7. The van der Waals surface area contributed by atoms with Crippen LogP contribution >= 0.6 is 36.7 Å². The van der Waals surface area contributed by atoms with E-state index >= 15 is 0 Å². The van der Waals surface area contributed by atoms with Crippen molar-refractivity contribution in [2.75, 3.05) is 0 Å². The number of carbonyl (C=O) groups is 2. The summed E-state index contributed by atoms with van der Waals surface area (Å²) in [5.41, 5.74) is 4.33. The van der Waals surface area contributed by atoms with E-state index in [9.17, 15) is 32.6 Å². The third-order valence-corrected chi connectivity index (χ3v) is 18.2. The number of urea groups is 1. The van der Waals surface area contributed by atoms with Gasteiger partial charge < -0.3 is 23.4 Å². The van der Waals surface area contributed by atoms with E-state index in [4.69, 9.17) is 106 Å². The highest BCUT2D eigenvalue weighted by Crippen LogP contribution is 2.22. The Kier molecular flexibility index (Phi) is 59.9. The van der Waals surface area contributed by atoms with E-state index in [1.54, 1.807) is 27.0 Å². The number of H-pyrrole nitrogens is 12. The van der Waals surface area contributed by atoms with Gasteiger partial charge >= 0.3 is 45.2 Å². The van der Waals surface area contributed by atoms with Crippen molar-refractivity contribution in [2.45, 2.75) is 232 Å². The molecular weight excluding hydrogens is 1830 g/mol. The second-order valence-electron chi connectivity index (χ2n) is 28.0. The van der Waals surface area contributed by atoms with Gasteiger partial charge in [-0.2, -0.15) is 132 Å². The van der Waals surface area contributed by atoms with Crippen molar-refractivity contribution in [2.24, 2.45) is 16.2 Å². The number of amides is 3. The average Bonchev–Trinajstić information content (AvgIpc) is 1.72. The summed E-state index contributed by atoms with van der Waals surface area (Å²) in [5.74, 6) is 3.71. The van der Waals surface area contributed by atoms with Crippen molar-refractivity contribution < 1.29 is 50.2 Å². The molecule has 708 valence electrons. The maximum atomic E-state index is 12.6. The third kappa shape index (κ3) is 47.9. The molecule has 10 aromatic heterocycles. The number of nitriles is 12. The molecule has 0 spiro atoms. The van der Waals surface area contributed by atoms with Crippen LogP contribution in [0.5, 0.6) is 0 Å². The number of nitrogens with zero attached hydrogens (tertiary/aromatic N) is 25. The highest BCUT2D eigenvalue weighted by atomic mass is 32.2. The van der Waals surface area contributed by atoms with Crippen molar-refractivity contribution in [3.8, 4) is 72.8 Å². The fraction of sp³-hybridized carbons (Fsp3) is 0.500. The van der Waals surface area contributed by atoms with Crippen LogP contribution in [0.15, 0.2) is 61.7 Å². The molecule has 2 aliphatic heterocycles. The Bertz CT molecular complexity index is 5750. The largest absolute Gasteiger partial charge is 0.373 e. The maximum Gasteiger partial charge on any atom is 0.373 e. The predicted octanol–water partition coefficient (Wildman–Crippen LogP) is 10.0. The van der Waals surface area contributed by atoms with E-state index in [-0.39, 0.29) is 118 Å². The maximum absolute atomic E-state index is 12.6. The van der Waals surface area contributed by atoms with Gasteiger partial charge in [0.15, 0.2) is 12.2 Å². The van der Waals surface area contributed by atoms with E-state index in [0.29, 0.717) is 108 Å². The van der Waals surface area contributed by atoms with Crippen LogP contribution in [0.2, 0.25) is 0 Å². The monoisotopic (exact) mass is 1920 g/mol. The Balaban J connectivity index is 0.00000144. The first-order chi connectivity index (χ1) is 63.9. The molecule has 0 radical (unpaired) electrons. The highest BCUT2D eigenvalue weighted by molar-refractivity contribution is 7.79. The zero-order chi connectivity index (χ0) is 101. The molecule has 12 rings (SSSR count). The summed E-state index contributed by atoms with van der Waals surface area (Å²) < 4.78 is 50.5. The van der Waals surface area contributed by atoms with Gasteiger partial charge in [0, 0.05) is 154 Å². The molecular formula is C76H95FN40O13S4. The Morgan fingerprint density at radius 2 is 1.07 bits per heavy atom. The van der Waals surface area contributed by atoms with E-state index in [2.05, 4.69) is 193 Å². The summed E-state index contributed by atoms with van der Waals surface area (Å²) in [5, 5.41) is 162. The number of hydrogen-bond acceptors (Lipinski definition) is 41. The van der Waals surface area contributed by atoms with Gasteiger partial charge in [0.2, 0.25) is 10.7 Å². The van der Waals surface area contributed by atoms with Crippen LogP contribution in [0.1, 0.15) is 283 Å². The van der Waals surface area contributed by atoms with E-state index in [1.165, 1.54) is 18.6 Å². The minimum Gasteiger partial charge on any atom is -0.348 e. The van der Waals surface area contributed by atoms with Crippen molar-refractivity contribution in [1.29, 1.82) is 63.1 Å². The number of halogens is 1. The third-order valence-electron chi connectivity index (χ3n) is 17.0. The molecule has 12 heterocycles. The molecule has 2 unspecified atom stereocenters. The Hall–Kier alpha value is -16.7. The number of hydroxylamine groups is 1. The lowest BCUT2D eigenvalue weighted by molar-refractivity contribution is -0.191. The molecule has 15 N–H and O–H groups in total. The van der Waals surface area contributed by atoms with Crippen molar-refractivity contribution >= 4 is 71.8 Å². The highest BCUT2D eigenvalue weighted by Gasteiger charge is 2.33. The second kappa shape index (κ2) is 68.5. The van der Waals surface area contributed by atoms with Gasteiger partial charge in [0.1, 0.15) is 51.2 Å². The molecule has 10 aromatic rings. The standard InChI is InChI=1S/C7H10N4.C7H9N3O2.2C7H8N2O2.C6H7FN4.C6H8N4O.2C6H8N4S.C6H8N4.C6H7N3OS.C6H7N3O.C5H7N3O2S.CO2/c1-5(3-4-8)7-9-6(2)10-11-7;1-4(2-3-8)5-6(11)10-7(12)9-5;1-5(2-3-8)6-4-9-11-7(6)10;1-5(2-3-8)6-4-7(10)11-9-6;1-4(2-3-8)5-6(7)10-11-9-5;2*1-4(2-3-7)5-8-6(11)10-9-5;1-4(2-3-7)5-6(11)9-10-8-5;1-5(2-3-7)6-4-8-10-9-6;1-4(2-3-7)5-8-6(11)10-9-5;1-5(2-3-7)6-8-4-9-10-6;1-4(2-3-6)5-7-10-11(9)8-5;2-1-3/h5H,3H2,1-2H3,(H,9,10,11);4-5H,2H2,1H3,(H2,9,10,11,12);2*4-5,9H,2H2,1H3;4H,2H2,1H3,(H,9,10,11);3*4H,2H2,1H3,(H2,8,9,10,11);4-5H,2H2,1H3,(H,8,9,10);4H,2H2,1H3,(H,8,9,11);4-5H,2H2,1H3;4H,2H2,1H3,(H,7,8);/t5-;4-,5?;2*5-;4*4-;5-;4-;5-;4-,11?;/m111111111111./s1. The van der Waals surface area contributed by atoms with Crippen molar-refractivity contribution in [3.63, 3.8) is 0 Å². The second-order valence-corrected chi connectivity index (χ2v) is 29.9. The SMILES string of the molecule is C[C@H](CC#N)C1=NS(=O)ON1.C[C@H](CC#N)C1NC(=O)NC1=O.C[C@H](CC#N)c1c[nH]oc1=O.C[C@H](CC#N)c1cc(=O)o[nH]1.C[C@H](CC#N)c1cn[nH]n1.C[C@H](CC#N)c1n[nH][nH]c1=S.C[C@H](CC#N)c1n[nH]c(=O)[nH]1.C[C@H](CC#N)c1n[nH]nc1F.C[C@H](CC#N)c1nc(=S)[nH][nH]1.C[C@H](CC#N)c1nc(=S)o[nH]1.C[C@H](CC#N)c1ncno1.Cc1nc([C@H](C)CC#N)n[nH]1.O=C=O. The number of carbonyl (C=O) groups excluding carboxylic acids is 4. The fourth-order valence-corrected chi connectivity index (χ4v) is 10.4.